The Bertz CT molecular complexity index is 888. The third-order valence-electron chi connectivity index (χ3n) is 5.77. The molecule has 4 rings (SSSR count). The standard InChI is InChI=1S/C21H27N5O3/c1-23-15-17(14-22-23)26-8-4-7-19(21(26)28)24-9-11-25(12-10-24)20(27)16-5-3-6-18(13-16)29-2/h3,5-6,13-15,19H,4,7-12H2,1-2H3. The van der Waals surface area contributed by atoms with E-state index < -0.39 is 0 Å². The predicted octanol–water partition coefficient (Wildman–Crippen LogP) is 1.38. The molecular weight excluding hydrogens is 370 g/mol. The zero-order chi connectivity index (χ0) is 20.4. The highest BCUT2D eigenvalue weighted by atomic mass is 16.5. The second kappa shape index (κ2) is 8.24. The molecule has 1 atom stereocenters. The molecule has 1 aromatic heterocycles. The second-order valence-electron chi connectivity index (χ2n) is 7.58. The van der Waals surface area contributed by atoms with E-state index in [9.17, 15) is 9.59 Å². The lowest BCUT2D eigenvalue weighted by atomic mass is 10.0. The molecule has 8 heteroatoms. The van der Waals surface area contributed by atoms with Crippen molar-refractivity contribution in [1.29, 1.82) is 0 Å². The van der Waals surface area contributed by atoms with Crippen molar-refractivity contribution < 1.29 is 14.3 Å². The third kappa shape index (κ3) is 3.98. The maximum absolute atomic E-state index is 13.1. The maximum atomic E-state index is 13.1. The number of ether oxygens (including phenoxy) is 1. The van der Waals surface area contributed by atoms with Crippen LogP contribution in [0.5, 0.6) is 5.75 Å². The molecule has 0 spiro atoms. The van der Waals surface area contributed by atoms with Crippen molar-refractivity contribution in [3.8, 4) is 5.75 Å². The quantitative estimate of drug-likeness (QED) is 0.780. The number of hydrogen-bond donors (Lipinski definition) is 0. The number of amides is 2. The van der Waals surface area contributed by atoms with Crippen LogP contribution in [0.15, 0.2) is 36.7 Å². The fourth-order valence-electron chi connectivity index (χ4n) is 4.17. The number of benzene rings is 1. The van der Waals surface area contributed by atoms with Crippen LogP contribution in [-0.4, -0.2) is 77.3 Å². The summed E-state index contributed by atoms with van der Waals surface area (Å²) in [7, 11) is 3.45. The molecule has 0 radical (unpaired) electrons. The number of hydrogen-bond acceptors (Lipinski definition) is 5. The lowest BCUT2D eigenvalue weighted by Crippen LogP contribution is -2.58. The van der Waals surface area contributed by atoms with Crippen molar-refractivity contribution in [2.75, 3.05) is 44.7 Å². The van der Waals surface area contributed by atoms with Gasteiger partial charge in [-0.05, 0) is 31.0 Å². The molecule has 2 aromatic rings. The van der Waals surface area contributed by atoms with Crippen LogP contribution in [0.4, 0.5) is 5.69 Å². The summed E-state index contributed by atoms with van der Waals surface area (Å²) < 4.78 is 6.94. The highest BCUT2D eigenvalue weighted by molar-refractivity contribution is 5.98. The summed E-state index contributed by atoms with van der Waals surface area (Å²) in [5, 5.41) is 4.19. The Morgan fingerprint density at radius 3 is 2.66 bits per heavy atom. The summed E-state index contributed by atoms with van der Waals surface area (Å²) >= 11 is 0. The van der Waals surface area contributed by atoms with Gasteiger partial charge in [0.2, 0.25) is 5.91 Å². The summed E-state index contributed by atoms with van der Waals surface area (Å²) in [5.41, 5.74) is 1.49. The van der Waals surface area contributed by atoms with Crippen LogP contribution in [0.3, 0.4) is 0 Å². The van der Waals surface area contributed by atoms with Gasteiger partial charge in [-0.1, -0.05) is 6.07 Å². The number of aromatic nitrogens is 2. The summed E-state index contributed by atoms with van der Waals surface area (Å²) in [4.78, 5) is 31.8. The van der Waals surface area contributed by atoms with Crippen LogP contribution in [0.1, 0.15) is 23.2 Å². The molecule has 0 bridgehead atoms. The number of anilines is 1. The molecule has 2 saturated heterocycles. The van der Waals surface area contributed by atoms with E-state index in [0.29, 0.717) is 37.5 Å². The van der Waals surface area contributed by atoms with Crippen molar-refractivity contribution in [2.45, 2.75) is 18.9 Å². The largest absolute Gasteiger partial charge is 0.497 e. The van der Waals surface area contributed by atoms with Crippen molar-refractivity contribution in [3.63, 3.8) is 0 Å². The predicted molar refractivity (Wildman–Crippen MR) is 109 cm³/mol. The number of carbonyl (C=O) groups is 2. The topological polar surface area (TPSA) is 70.9 Å². The van der Waals surface area contributed by atoms with Gasteiger partial charge in [-0.2, -0.15) is 5.10 Å². The monoisotopic (exact) mass is 397 g/mol. The van der Waals surface area contributed by atoms with Gasteiger partial charge in [0.15, 0.2) is 0 Å². The Kier molecular flexibility index (Phi) is 5.53. The highest BCUT2D eigenvalue weighted by Gasteiger charge is 2.36. The molecule has 0 aliphatic carbocycles. The molecule has 2 amide bonds. The molecule has 8 nitrogen and oxygen atoms in total. The first kappa shape index (κ1) is 19.4. The summed E-state index contributed by atoms with van der Waals surface area (Å²) in [6.07, 6.45) is 5.45. The fourth-order valence-corrected chi connectivity index (χ4v) is 4.17. The van der Waals surface area contributed by atoms with E-state index in [0.717, 1.165) is 25.1 Å². The van der Waals surface area contributed by atoms with Crippen molar-refractivity contribution >= 4 is 17.5 Å². The van der Waals surface area contributed by atoms with Gasteiger partial charge in [-0.3, -0.25) is 19.2 Å². The molecule has 0 saturated carbocycles. The number of rotatable bonds is 4. The first-order valence-corrected chi connectivity index (χ1v) is 10.0. The average molecular weight is 397 g/mol. The highest BCUT2D eigenvalue weighted by Crippen LogP contribution is 2.24. The van der Waals surface area contributed by atoms with Gasteiger partial charge < -0.3 is 14.5 Å². The van der Waals surface area contributed by atoms with Gasteiger partial charge >= 0.3 is 0 Å². The lowest BCUT2D eigenvalue weighted by molar-refractivity contribution is -0.126. The van der Waals surface area contributed by atoms with E-state index in [4.69, 9.17) is 4.74 Å². The minimum absolute atomic E-state index is 0.00973. The lowest BCUT2D eigenvalue weighted by Gasteiger charge is -2.42. The normalized spacial score (nSPS) is 20.8. The van der Waals surface area contributed by atoms with Gasteiger partial charge in [0.05, 0.1) is 25.0 Å². The number of carbonyl (C=O) groups excluding carboxylic acids is 2. The zero-order valence-corrected chi connectivity index (χ0v) is 17.0. The number of methoxy groups -OCH3 is 1. The number of piperazine rings is 1. The molecule has 1 aromatic carbocycles. The maximum Gasteiger partial charge on any atom is 0.254 e. The molecular formula is C21H27N5O3. The Morgan fingerprint density at radius 2 is 1.97 bits per heavy atom. The zero-order valence-electron chi connectivity index (χ0n) is 17.0. The first-order valence-electron chi connectivity index (χ1n) is 10.0. The van der Waals surface area contributed by atoms with Gasteiger partial charge in [0.25, 0.3) is 5.91 Å². The summed E-state index contributed by atoms with van der Waals surface area (Å²) in [5.74, 6) is 0.824. The molecule has 2 aliphatic rings. The van der Waals surface area contributed by atoms with Crippen molar-refractivity contribution in [1.82, 2.24) is 19.6 Å². The minimum Gasteiger partial charge on any atom is -0.497 e. The van der Waals surface area contributed by atoms with E-state index >= 15 is 0 Å². The Balaban J connectivity index is 1.38. The molecule has 0 N–H and O–H groups in total. The van der Waals surface area contributed by atoms with Crippen molar-refractivity contribution in [3.05, 3.63) is 42.2 Å². The fraction of sp³-hybridized carbons (Fsp3) is 0.476. The molecule has 1 unspecified atom stereocenters. The van der Waals surface area contributed by atoms with Crippen LogP contribution >= 0.6 is 0 Å². The third-order valence-corrected chi connectivity index (χ3v) is 5.77. The van der Waals surface area contributed by atoms with Crippen LogP contribution in [0, 0.1) is 0 Å². The van der Waals surface area contributed by atoms with E-state index in [-0.39, 0.29) is 17.9 Å². The number of aryl methyl sites for hydroxylation is 1. The van der Waals surface area contributed by atoms with Crippen LogP contribution < -0.4 is 9.64 Å². The minimum atomic E-state index is -0.127. The van der Waals surface area contributed by atoms with Gasteiger partial charge in [0.1, 0.15) is 5.75 Å². The average Bonchev–Trinajstić information content (AvgIpc) is 3.19. The van der Waals surface area contributed by atoms with E-state index in [1.165, 1.54) is 0 Å². The Labute approximate surface area is 170 Å². The molecule has 2 fully saturated rings. The number of nitrogens with zero attached hydrogens (tertiary/aromatic N) is 5. The Morgan fingerprint density at radius 1 is 1.17 bits per heavy atom. The van der Waals surface area contributed by atoms with Gasteiger partial charge in [0, 0.05) is 51.5 Å². The van der Waals surface area contributed by atoms with Gasteiger partial charge in [-0.15, -0.1) is 0 Å². The van der Waals surface area contributed by atoms with E-state index in [1.54, 1.807) is 24.1 Å². The van der Waals surface area contributed by atoms with Gasteiger partial charge in [-0.25, -0.2) is 0 Å². The molecule has 3 heterocycles. The Hall–Kier alpha value is -2.87. The van der Waals surface area contributed by atoms with Crippen LogP contribution in [0.2, 0.25) is 0 Å². The van der Waals surface area contributed by atoms with Crippen LogP contribution in [-0.2, 0) is 11.8 Å². The summed E-state index contributed by atoms with van der Waals surface area (Å²) in [6.45, 7) is 3.37. The SMILES string of the molecule is COc1cccc(C(=O)N2CCN(C3CCCN(c4cnn(C)c4)C3=O)CC2)c1. The van der Waals surface area contributed by atoms with E-state index in [1.807, 2.05) is 41.2 Å². The smallest absolute Gasteiger partial charge is 0.254 e. The molecule has 154 valence electrons. The summed E-state index contributed by atoms with van der Waals surface area (Å²) in [6, 6.07) is 7.12. The number of piperidine rings is 1. The van der Waals surface area contributed by atoms with Crippen molar-refractivity contribution in [2.24, 2.45) is 7.05 Å². The second-order valence-corrected chi connectivity index (χ2v) is 7.58. The first-order chi connectivity index (χ1) is 14.1. The van der Waals surface area contributed by atoms with E-state index in [2.05, 4.69) is 10.00 Å². The van der Waals surface area contributed by atoms with Crippen LogP contribution in [0.25, 0.3) is 0 Å². The molecule has 2 aliphatic heterocycles. The molecule has 29 heavy (non-hydrogen) atoms.